The minimum atomic E-state index is -0.0173. The molecule has 1 aromatic carbocycles. The van der Waals surface area contributed by atoms with Crippen molar-refractivity contribution >= 4 is 50.9 Å². The van der Waals surface area contributed by atoms with Crippen molar-refractivity contribution in [3.8, 4) is 5.75 Å². The summed E-state index contributed by atoms with van der Waals surface area (Å²) in [6.45, 7) is 1.02. The Balaban J connectivity index is 1.82. The average molecular weight is 399 g/mol. The fourth-order valence-electron chi connectivity index (χ4n) is 5.36. The van der Waals surface area contributed by atoms with Crippen molar-refractivity contribution in [1.82, 2.24) is 4.58 Å². The van der Waals surface area contributed by atoms with Crippen molar-refractivity contribution in [3.63, 3.8) is 0 Å². The molecule has 5 heterocycles. The van der Waals surface area contributed by atoms with Gasteiger partial charge in [0.25, 0.3) is 0 Å². The number of hydrogen-bond acceptors (Lipinski definition) is 4. The minimum Gasteiger partial charge on any atom is -0.504 e. The fraction of sp³-hybridized carbons (Fsp3) is 0.333. The number of aromatic hydroxyl groups is 1. The molecular weight excluding hydrogens is 386 g/mol. The number of phenols is 1. The first-order valence-corrected chi connectivity index (χ1v) is 9.99. The van der Waals surface area contributed by atoms with Gasteiger partial charge in [-0.2, -0.15) is 0 Å². The summed E-state index contributed by atoms with van der Waals surface area (Å²) in [5.74, 6) is 0.336. The molecule has 5 aliphatic heterocycles. The van der Waals surface area contributed by atoms with Crippen molar-refractivity contribution in [2.24, 2.45) is 4.99 Å². The molecule has 24 heavy (non-hydrogen) atoms. The lowest BCUT2D eigenvalue weighted by molar-refractivity contribution is 0.392. The number of nitrogens with one attached hydrogen (secondary N) is 1. The smallest absolute Gasteiger partial charge is 0.217 e. The number of allylic oxidation sites excluding steroid dienone is 1. The summed E-state index contributed by atoms with van der Waals surface area (Å²) in [4.78, 5) is 4.56. The van der Waals surface area contributed by atoms with E-state index in [0.717, 1.165) is 30.8 Å². The molecule has 1 spiro atoms. The summed E-state index contributed by atoms with van der Waals surface area (Å²) in [6, 6.07) is 0.391. The molecule has 6 aliphatic rings. The molecule has 4 nitrogen and oxygen atoms in total. The molecule has 1 aliphatic carbocycles. The Labute approximate surface area is 150 Å². The van der Waals surface area contributed by atoms with Crippen LogP contribution in [0, 0.1) is 0 Å². The van der Waals surface area contributed by atoms with Crippen molar-refractivity contribution < 1.29 is 5.11 Å². The second kappa shape index (κ2) is 3.68. The zero-order chi connectivity index (χ0) is 15.8. The van der Waals surface area contributed by atoms with Crippen LogP contribution >= 0.6 is 27.7 Å². The maximum atomic E-state index is 11.0. The third kappa shape index (κ3) is 1.14. The Bertz CT molecular complexity index is 1130. The quantitative estimate of drug-likeness (QED) is 0.517. The monoisotopic (exact) mass is 398 g/mol. The maximum Gasteiger partial charge on any atom is 0.217 e. The van der Waals surface area contributed by atoms with Crippen molar-refractivity contribution in [1.29, 1.82) is 0 Å². The Morgan fingerprint density at radius 3 is 3.29 bits per heavy atom. The summed E-state index contributed by atoms with van der Waals surface area (Å²) in [7, 11) is 0. The molecule has 118 valence electrons. The lowest BCUT2D eigenvalue weighted by atomic mass is 9.76. The molecule has 3 bridgehead atoms. The lowest BCUT2D eigenvalue weighted by Crippen LogP contribution is -2.60. The molecule has 1 aromatic rings. The molecule has 0 amide bonds. The van der Waals surface area contributed by atoms with Crippen molar-refractivity contribution in [3.05, 3.63) is 38.3 Å². The van der Waals surface area contributed by atoms with Crippen LogP contribution in [0.25, 0.3) is 5.57 Å². The second-order valence-corrected chi connectivity index (χ2v) is 9.63. The van der Waals surface area contributed by atoms with E-state index in [4.69, 9.17) is 0 Å². The predicted octanol–water partition coefficient (Wildman–Crippen LogP) is 1.84. The molecule has 7 rings (SSSR count). The van der Waals surface area contributed by atoms with E-state index >= 15 is 0 Å². The standard InChI is InChI=1S/C18H12BrN3OS/c19-9-3-8-4-11-21-15-13-16-12-7(6-20-14(12)17(15)23)1-2-22(16)10(9)5-18(8,13)24-11/h3-4,6,10-11H,1-2,5H2,(H,20,21,23)/p+1/t10-,11+,18-/m1/s1. The number of rotatable bonds is 0. The predicted molar refractivity (Wildman–Crippen MR) is 99.8 cm³/mol. The van der Waals surface area contributed by atoms with Gasteiger partial charge in [-0.05, 0) is 39.2 Å². The van der Waals surface area contributed by atoms with E-state index in [2.05, 4.69) is 43.0 Å². The topological polar surface area (TPSA) is 47.6 Å². The Morgan fingerprint density at radius 2 is 2.38 bits per heavy atom. The van der Waals surface area contributed by atoms with E-state index in [1.54, 1.807) is 0 Å². The first-order valence-electron chi connectivity index (χ1n) is 8.31. The number of fused-ring (bicyclic) bond motifs is 3. The van der Waals surface area contributed by atoms with Crippen LogP contribution in [0.1, 0.15) is 18.4 Å². The third-order valence-electron chi connectivity index (χ3n) is 6.29. The first kappa shape index (κ1) is 12.8. The highest BCUT2D eigenvalue weighted by molar-refractivity contribution is 9.11. The summed E-state index contributed by atoms with van der Waals surface area (Å²) in [5.41, 5.74) is 5.63. The van der Waals surface area contributed by atoms with Gasteiger partial charge in [-0.15, -0.1) is 11.8 Å². The van der Waals surface area contributed by atoms with E-state index in [0.29, 0.717) is 11.8 Å². The van der Waals surface area contributed by atoms with Gasteiger partial charge in [0.15, 0.2) is 11.8 Å². The van der Waals surface area contributed by atoms with Gasteiger partial charge in [-0.3, -0.25) is 4.99 Å². The summed E-state index contributed by atoms with van der Waals surface area (Å²) in [6.07, 6.45) is 8.68. The summed E-state index contributed by atoms with van der Waals surface area (Å²) in [5, 5.41) is 17.2. The number of thioether (sulfide) groups is 1. The Morgan fingerprint density at radius 1 is 1.46 bits per heavy atom. The van der Waals surface area contributed by atoms with Crippen LogP contribution in [-0.4, -0.2) is 29.3 Å². The average Bonchev–Trinajstić information content (AvgIpc) is 3.11. The minimum absolute atomic E-state index is 0.0173. The molecule has 0 aromatic heterocycles. The summed E-state index contributed by atoms with van der Waals surface area (Å²) >= 11 is 5.85. The van der Waals surface area contributed by atoms with Crippen LogP contribution in [0.2, 0.25) is 0 Å². The van der Waals surface area contributed by atoms with E-state index in [9.17, 15) is 5.11 Å². The molecule has 0 saturated carbocycles. The van der Waals surface area contributed by atoms with E-state index in [1.807, 2.05) is 18.0 Å². The normalized spacial score (nSPS) is 35.0. The number of nitrogens with zero attached hydrogens (tertiary/aromatic N) is 2. The highest BCUT2D eigenvalue weighted by atomic mass is 79.9. The number of anilines is 1. The highest BCUT2D eigenvalue weighted by Gasteiger charge is 2.59. The van der Waals surface area contributed by atoms with Gasteiger partial charge in [0, 0.05) is 19.1 Å². The van der Waals surface area contributed by atoms with Gasteiger partial charge < -0.3 is 10.4 Å². The Kier molecular flexibility index (Phi) is 1.96. The van der Waals surface area contributed by atoms with Crippen LogP contribution in [-0.2, 0) is 4.75 Å². The SMILES string of the molecule is Oc1c2c3c4c5c1N=CC=5CC[N+]=4[C@@H]1C[C@]34S[C@@H](C=C4C=C1Br)N2. The van der Waals surface area contributed by atoms with Gasteiger partial charge in [-0.1, -0.05) is 0 Å². The Hall–Kier alpha value is -1.53. The molecule has 6 heteroatoms. The largest absolute Gasteiger partial charge is 0.504 e. The number of halogens is 1. The zero-order valence-corrected chi connectivity index (χ0v) is 15.0. The van der Waals surface area contributed by atoms with Crippen molar-refractivity contribution in [2.75, 3.05) is 11.9 Å². The van der Waals surface area contributed by atoms with Crippen LogP contribution < -0.4 is 20.5 Å². The molecule has 0 fully saturated rings. The third-order valence-corrected chi connectivity index (χ3v) is 8.56. The van der Waals surface area contributed by atoms with Crippen LogP contribution in [0.4, 0.5) is 11.4 Å². The molecule has 2 N–H and O–H groups in total. The van der Waals surface area contributed by atoms with E-state index in [-0.39, 0.29) is 10.1 Å². The van der Waals surface area contributed by atoms with Gasteiger partial charge in [0.1, 0.15) is 12.2 Å². The molecular formula is C18H13BrN3OS+. The molecule has 0 saturated heterocycles. The fourth-order valence-corrected chi connectivity index (χ4v) is 7.68. The van der Waals surface area contributed by atoms with Gasteiger partial charge >= 0.3 is 0 Å². The zero-order valence-electron chi connectivity index (χ0n) is 12.6. The van der Waals surface area contributed by atoms with Gasteiger partial charge in [0.05, 0.1) is 31.1 Å². The number of phenolic OH excluding ortho intramolecular Hbond substituents is 1. The molecule has 3 atom stereocenters. The molecule has 0 radical (unpaired) electrons. The van der Waals surface area contributed by atoms with Crippen LogP contribution in [0.15, 0.2) is 27.2 Å². The van der Waals surface area contributed by atoms with Crippen molar-refractivity contribution in [2.45, 2.75) is 29.0 Å². The maximum absolute atomic E-state index is 11.0. The first-order chi connectivity index (χ1) is 11.7. The highest BCUT2D eigenvalue weighted by Crippen LogP contribution is 2.63. The number of benzene rings is 1. The summed E-state index contributed by atoms with van der Waals surface area (Å²) < 4.78 is 3.80. The second-order valence-electron chi connectivity index (χ2n) is 7.28. The number of aliphatic imine (C=N–C) groups is 1. The van der Waals surface area contributed by atoms with E-state index < -0.39 is 0 Å². The van der Waals surface area contributed by atoms with Gasteiger partial charge in [-0.25, -0.2) is 4.58 Å². The van der Waals surface area contributed by atoms with Gasteiger partial charge in [0.2, 0.25) is 5.36 Å². The lowest BCUT2D eigenvalue weighted by Gasteiger charge is -2.44. The van der Waals surface area contributed by atoms with Crippen LogP contribution in [0.5, 0.6) is 5.75 Å². The number of hydrogen-bond donors (Lipinski definition) is 2. The molecule has 0 unspecified atom stereocenters. The van der Waals surface area contributed by atoms with E-state index in [1.165, 1.54) is 31.8 Å². The van der Waals surface area contributed by atoms with Crippen LogP contribution in [0.3, 0.4) is 0 Å².